The molecule has 0 aromatic heterocycles. The molecule has 3 nitrogen and oxygen atoms in total. The van der Waals surface area contributed by atoms with Crippen LogP contribution in [-0.2, 0) is 0 Å². The first kappa shape index (κ1) is 11.9. The van der Waals surface area contributed by atoms with Crippen molar-refractivity contribution < 1.29 is 9.50 Å². The van der Waals surface area contributed by atoms with E-state index in [1.165, 1.54) is 12.1 Å². The monoisotopic (exact) mass is 228 g/mol. The maximum absolute atomic E-state index is 12.6. The van der Waals surface area contributed by atoms with Crippen LogP contribution in [0.5, 0.6) is 0 Å². The van der Waals surface area contributed by atoms with Crippen molar-refractivity contribution in [3.8, 4) is 0 Å². The van der Waals surface area contributed by atoms with E-state index in [4.69, 9.17) is 17.3 Å². The predicted octanol–water partition coefficient (Wildman–Crippen LogP) is 1.49. The minimum absolute atomic E-state index is 0.289. The Bertz CT molecular complexity index is 327. The summed E-state index contributed by atoms with van der Waals surface area (Å²) in [6, 6.07) is 5.87. The maximum atomic E-state index is 12.6. The summed E-state index contributed by atoms with van der Waals surface area (Å²) in [4.78, 5) is 0. The van der Waals surface area contributed by atoms with Crippen molar-refractivity contribution >= 4 is 23.0 Å². The van der Waals surface area contributed by atoms with Gasteiger partial charge in [-0.25, -0.2) is 4.39 Å². The highest BCUT2D eigenvalue weighted by Crippen LogP contribution is 2.07. The fourth-order valence-electron chi connectivity index (χ4n) is 0.949. The van der Waals surface area contributed by atoms with Crippen molar-refractivity contribution in [2.45, 2.75) is 13.0 Å². The third kappa shape index (κ3) is 4.71. The van der Waals surface area contributed by atoms with E-state index in [0.717, 1.165) is 0 Å². The van der Waals surface area contributed by atoms with Crippen molar-refractivity contribution in [3.63, 3.8) is 0 Å². The molecule has 0 aliphatic carbocycles. The zero-order valence-corrected chi connectivity index (χ0v) is 9.14. The van der Waals surface area contributed by atoms with Crippen LogP contribution in [0.2, 0.25) is 0 Å². The molecular formula is C10H13FN2OS. The number of thiocarbonyl (C=S) groups is 1. The van der Waals surface area contributed by atoms with Gasteiger partial charge >= 0.3 is 0 Å². The minimum Gasteiger partial charge on any atom is -0.392 e. The van der Waals surface area contributed by atoms with E-state index in [0.29, 0.717) is 17.3 Å². The molecule has 0 saturated heterocycles. The Morgan fingerprint density at radius 2 is 2.07 bits per heavy atom. The standard InChI is InChI=1S/C10H13FN2OS/c1-7(14)6-12-10(15)13-9-4-2-8(11)3-5-9/h2-5,7,14H,6H2,1H3,(H2,12,13,15)/t7-/m0/s1. The zero-order chi connectivity index (χ0) is 11.3. The molecule has 0 amide bonds. The highest BCUT2D eigenvalue weighted by atomic mass is 32.1. The fourth-order valence-corrected chi connectivity index (χ4v) is 1.15. The molecule has 0 fully saturated rings. The van der Waals surface area contributed by atoms with Crippen molar-refractivity contribution in [1.82, 2.24) is 5.32 Å². The van der Waals surface area contributed by atoms with Gasteiger partial charge in [0.05, 0.1) is 6.10 Å². The van der Waals surface area contributed by atoms with E-state index in [1.54, 1.807) is 19.1 Å². The summed E-state index contributed by atoms with van der Waals surface area (Å²) < 4.78 is 12.6. The van der Waals surface area contributed by atoms with Crippen molar-refractivity contribution in [2.75, 3.05) is 11.9 Å². The number of benzene rings is 1. The second kappa shape index (κ2) is 5.63. The summed E-state index contributed by atoms with van der Waals surface area (Å²) in [6.07, 6.45) is -0.460. The molecule has 1 aromatic carbocycles. The van der Waals surface area contributed by atoms with Gasteiger partial charge in [0.2, 0.25) is 0 Å². The summed E-state index contributed by atoms with van der Waals surface area (Å²) in [5.74, 6) is -0.289. The van der Waals surface area contributed by atoms with Crippen LogP contribution >= 0.6 is 12.2 Å². The lowest BCUT2D eigenvalue weighted by molar-refractivity contribution is 0.198. The van der Waals surface area contributed by atoms with Gasteiger partial charge in [-0.15, -0.1) is 0 Å². The molecule has 0 radical (unpaired) electrons. The normalized spacial score (nSPS) is 11.9. The number of hydrogen-bond acceptors (Lipinski definition) is 2. The van der Waals surface area contributed by atoms with Crippen LogP contribution in [0, 0.1) is 5.82 Å². The molecule has 0 aliphatic rings. The number of nitrogens with one attached hydrogen (secondary N) is 2. The number of aliphatic hydroxyl groups is 1. The largest absolute Gasteiger partial charge is 0.392 e. The minimum atomic E-state index is -0.460. The van der Waals surface area contributed by atoms with Crippen molar-refractivity contribution in [2.24, 2.45) is 0 Å². The van der Waals surface area contributed by atoms with E-state index in [-0.39, 0.29) is 5.82 Å². The first-order valence-corrected chi connectivity index (χ1v) is 4.97. The molecule has 15 heavy (non-hydrogen) atoms. The first-order valence-electron chi connectivity index (χ1n) is 4.56. The van der Waals surface area contributed by atoms with Gasteiger partial charge in [0, 0.05) is 12.2 Å². The Hall–Kier alpha value is -1.20. The highest BCUT2D eigenvalue weighted by Gasteiger charge is 1.99. The highest BCUT2D eigenvalue weighted by molar-refractivity contribution is 7.80. The van der Waals surface area contributed by atoms with Gasteiger partial charge in [-0.3, -0.25) is 0 Å². The molecule has 82 valence electrons. The van der Waals surface area contributed by atoms with E-state index in [9.17, 15) is 4.39 Å². The van der Waals surface area contributed by atoms with Crippen LogP contribution in [0.3, 0.4) is 0 Å². The molecule has 1 aromatic rings. The summed E-state index contributed by atoms with van der Waals surface area (Å²) in [5.41, 5.74) is 0.708. The smallest absolute Gasteiger partial charge is 0.170 e. The van der Waals surface area contributed by atoms with Crippen LogP contribution in [-0.4, -0.2) is 22.9 Å². The fraction of sp³-hybridized carbons (Fsp3) is 0.300. The molecule has 0 unspecified atom stereocenters. The third-order valence-electron chi connectivity index (χ3n) is 1.66. The molecule has 3 N–H and O–H groups in total. The van der Waals surface area contributed by atoms with Crippen LogP contribution < -0.4 is 10.6 Å². The molecule has 1 atom stereocenters. The van der Waals surface area contributed by atoms with Crippen LogP contribution in [0.25, 0.3) is 0 Å². The first-order chi connectivity index (χ1) is 7.08. The quantitative estimate of drug-likeness (QED) is 0.686. The van der Waals surface area contributed by atoms with E-state index < -0.39 is 6.10 Å². The summed E-state index contributed by atoms with van der Waals surface area (Å²) in [5, 5.41) is 15.1. The van der Waals surface area contributed by atoms with E-state index in [1.807, 2.05) is 0 Å². The number of rotatable bonds is 3. The van der Waals surface area contributed by atoms with Gasteiger partial charge < -0.3 is 15.7 Å². The third-order valence-corrected chi connectivity index (χ3v) is 1.91. The number of anilines is 1. The lowest BCUT2D eigenvalue weighted by Gasteiger charge is -2.11. The van der Waals surface area contributed by atoms with Gasteiger partial charge in [0.25, 0.3) is 0 Å². The topological polar surface area (TPSA) is 44.3 Å². The molecule has 0 aliphatic heterocycles. The second-order valence-corrected chi connectivity index (χ2v) is 3.60. The lowest BCUT2D eigenvalue weighted by Crippen LogP contribution is -2.33. The zero-order valence-electron chi connectivity index (χ0n) is 8.33. The number of halogens is 1. The van der Waals surface area contributed by atoms with Crippen LogP contribution in [0.15, 0.2) is 24.3 Å². The second-order valence-electron chi connectivity index (χ2n) is 3.19. The summed E-state index contributed by atoms with van der Waals surface area (Å²) >= 11 is 4.96. The Kier molecular flexibility index (Phi) is 4.45. The van der Waals surface area contributed by atoms with Gasteiger partial charge in [0.1, 0.15) is 5.82 Å². The Morgan fingerprint density at radius 3 is 2.60 bits per heavy atom. The van der Waals surface area contributed by atoms with Gasteiger partial charge in [-0.2, -0.15) is 0 Å². The average Bonchev–Trinajstić information content (AvgIpc) is 2.19. The van der Waals surface area contributed by atoms with E-state index >= 15 is 0 Å². The van der Waals surface area contributed by atoms with Crippen LogP contribution in [0.4, 0.5) is 10.1 Å². The average molecular weight is 228 g/mol. The Balaban J connectivity index is 2.41. The summed E-state index contributed by atoms with van der Waals surface area (Å²) in [6.45, 7) is 2.04. The maximum Gasteiger partial charge on any atom is 0.170 e. The molecule has 0 bridgehead atoms. The Morgan fingerprint density at radius 1 is 1.47 bits per heavy atom. The molecule has 5 heteroatoms. The van der Waals surface area contributed by atoms with Crippen molar-refractivity contribution in [3.05, 3.63) is 30.1 Å². The molecule has 0 heterocycles. The predicted molar refractivity (Wildman–Crippen MR) is 62.3 cm³/mol. The van der Waals surface area contributed by atoms with Gasteiger partial charge in [0.15, 0.2) is 5.11 Å². The molecule has 0 saturated carbocycles. The Labute approximate surface area is 93.3 Å². The number of hydrogen-bond donors (Lipinski definition) is 3. The van der Waals surface area contributed by atoms with Crippen LogP contribution in [0.1, 0.15) is 6.92 Å². The molecule has 1 rings (SSSR count). The van der Waals surface area contributed by atoms with Gasteiger partial charge in [-0.05, 0) is 43.4 Å². The molecular weight excluding hydrogens is 215 g/mol. The lowest BCUT2D eigenvalue weighted by atomic mass is 10.3. The summed E-state index contributed by atoms with van der Waals surface area (Å²) in [7, 11) is 0. The van der Waals surface area contributed by atoms with E-state index in [2.05, 4.69) is 10.6 Å². The number of aliphatic hydroxyl groups excluding tert-OH is 1. The van der Waals surface area contributed by atoms with Crippen molar-refractivity contribution in [1.29, 1.82) is 0 Å². The van der Waals surface area contributed by atoms with Gasteiger partial charge in [-0.1, -0.05) is 0 Å². The molecule has 0 spiro atoms. The SMILES string of the molecule is C[C@H](O)CNC(=S)Nc1ccc(F)cc1.